The molecule has 2 nitrogen and oxygen atoms in total. The van der Waals surface area contributed by atoms with E-state index in [1.807, 2.05) is 0 Å². The fourth-order valence-electron chi connectivity index (χ4n) is 4.67. The first-order valence-corrected chi connectivity index (χ1v) is 8.17. The third-order valence-electron chi connectivity index (χ3n) is 5.68. The number of piperazine rings is 1. The molecule has 2 saturated carbocycles. The molecule has 104 valence electrons. The van der Waals surface area contributed by atoms with Gasteiger partial charge in [0.2, 0.25) is 0 Å². The monoisotopic (exact) mass is 250 g/mol. The summed E-state index contributed by atoms with van der Waals surface area (Å²) in [5, 5.41) is 3.83. The highest BCUT2D eigenvalue weighted by atomic mass is 15.2. The molecule has 0 atom stereocenters. The minimum absolute atomic E-state index is 0.503. The van der Waals surface area contributed by atoms with E-state index >= 15 is 0 Å². The van der Waals surface area contributed by atoms with Gasteiger partial charge < -0.3 is 5.32 Å². The number of hydrogen-bond acceptors (Lipinski definition) is 2. The maximum absolute atomic E-state index is 3.83. The van der Waals surface area contributed by atoms with Gasteiger partial charge in [0.1, 0.15) is 0 Å². The first-order chi connectivity index (χ1) is 8.70. The van der Waals surface area contributed by atoms with Crippen molar-refractivity contribution in [2.45, 2.75) is 70.3 Å². The quantitative estimate of drug-likeness (QED) is 0.810. The lowest BCUT2D eigenvalue weighted by Gasteiger charge is -2.46. The molecule has 2 aliphatic carbocycles. The van der Waals surface area contributed by atoms with Gasteiger partial charge in [-0.3, -0.25) is 4.90 Å². The van der Waals surface area contributed by atoms with Crippen LogP contribution in [0.1, 0.15) is 64.7 Å². The van der Waals surface area contributed by atoms with Crippen LogP contribution < -0.4 is 5.32 Å². The van der Waals surface area contributed by atoms with E-state index in [1.54, 1.807) is 0 Å². The van der Waals surface area contributed by atoms with Gasteiger partial charge in [-0.2, -0.15) is 0 Å². The molecule has 1 heterocycles. The van der Waals surface area contributed by atoms with E-state index in [9.17, 15) is 0 Å². The maximum atomic E-state index is 3.83. The summed E-state index contributed by atoms with van der Waals surface area (Å²) in [4.78, 5) is 2.78. The summed E-state index contributed by atoms with van der Waals surface area (Å²) in [7, 11) is 0. The Labute approximate surface area is 113 Å². The highest BCUT2D eigenvalue weighted by molar-refractivity contribution is 4.99. The van der Waals surface area contributed by atoms with E-state index in [4.69, 9.17) is 0 Å². The summed E-state index contributed by atoms with van der Waals surface area (Å²) >= 11 is 0. The molecule has 0 aromatic rings. The van der Waals surface area contributed by atoms with Crippen molar-refractivity contribution in [3.8, 4) is 0 Å². The van der Waals surface area contributed by atoms with Crippen molar-refractivity contribution in [3.05, 3.63) is 0 Å². The van der Waals surface area contributed by atoms with Gasteiger partial charge in [0.05, 0.1) is 0 Å². The Kier molecular flexibility index (Phi) is 3.68. The molecule has 1 aliphatic heterocycles. The Hall–Kier alpha value is -0.0800. The Morgan fingerprint density at radius 2 is 1.61 bits per heavy atom. The highest BCUT2D eigenvalue weighted by Gasteiger charge is 2.39. The lowest BCUT2D eigenvalue weighted by molar-refractivity contribution is 0.0695. The summed E-state index contributed by atoms with van der Waals surface area (Å²) in [6, 6.07) is 0. The molecule has 1 spiro atoms. The van der Waals surface area contributed by atoms with E-state index in [1.165, 1.54) is 84.0 Å². The Balaban J connectivity index is 1.58. The second-order valence-electron chi connectivity index (χ2n) is 7.50. The summed E-state index contributed by atoms with van der Waals surface area (Å²) in [6.45, 7) is 7.71. The zero-order valence-corrected chi connectivity index (χ0v) is 12.1. The van der Waals surface area contributed by atoms with E-state index < -0.39 is 0 Å². The van der Waals surface area contributed by atoms with Crippen LogP contribution in [0.5, 0.6) is 0 Å². The molecule has 3 rings (SSSR count). The van der Waals surface area contributed by atoms with Crippen LogP contribution in [-0.4, -0.2) is 36.6 Å². The van der Waals surface area contributed by atoms with Crippen LogP contribution in [0.2, 0.25) is 0 Å². The van der Waals surface area contributed by atoms with Gasteiger partial charge in [0.15, 0.2) is 0 Å². The average molecular weight is 250 g/mol. The summed E-state index contributed by atoms with van der Waals surface area (Å²) in [6.07, 6.45) is 13.0. The van der Waals surface area contributed by atoms with Crippen molar-refractivity contribution >= 4 is 0 Å². The van der Waals surface area contributed by atoms with E-state index in [0.29, 0.717) is 11.0 Å². The fraction of sp³-hybridized carbons (Fsp3) is 1.00. The van der Waals surface area contributed by atoms with Crippen molar-refractivity contribution in [2.75, 3.05) is 26.2 Å². The van der Waals surface area contributed by atoms with Crippen molar-refractivity contribution in [1.29, 1.82) is 0 Å². The summed E-state index contributed by atoms with van der Waals surface area (Å²) in [5.41, 5.74) is 1.12. The van der Waals surface area contributed by atoms with Gasteiger partial charge in [-0.05, 0) is 31.1 Å². The van der Waals surface area contributed by atoms with Crippen LogP contribution in [0, 0.1) is 5.41 Å². The molecule has 1 N–H and O–H groups in total. The highest BCUT2D eigenvalue weighted by Crippen LogP contribution is 2.38. The van der Waals surface area contributed by atoms with Gasteiger partial charge >= 0.3 is 0 Å². The van der Waals surface area contributed by atoms with E-state index in [2.05, 4.69) is 17.1 Å². The molecule has 0 amide bonds. The summed E-state index contributed by atoms with van der Waals surface area (Å²) < 4.78 is 0. The molecule has 2 heteroatoms. The fourth-order valence-corrected chi connectivity index (χ4v) is 4.67. The number of nitrogens with zero attached hydrogens (tertiary/aromatic N) is 1. The lowest BCUT2D eigenvalue weighted by Crippen LogP contribution is -2.60. The Morgan fingerprint density at radius 3 is 2.33 bits per heavy atom. The molecule has 3 fully saturated rings. The lowest BCUT2D eigenvalue weighted by atomic mass is 9.75. The molecule has 1 saturated heterocycles. The van der Waals surface area contributed by atoms with Gasteiger partial charge in [-0.1, -0.05) is 39.0 Å². The van der Waals surface area contributed by atoms with Crippen LogP contribution in [0.3, 0.4) is 0 Å². The van der Waals surface area contributed by atoms with E-state index in [0.717, 1.165) is 0 Å². The van der Waals surface area contributed by atoms with Crippen LogP contribution in [0.25, 0.3) is 0 Å². The minimum Gasteiger partial charge on any atom is -0.309 e. The number of hydrogen-bond donors (Lipinski definition) is 1. The molecule has 0 radical (unpaired) electrons. The third-order valence-corrected chi connectivity index (χ3v) is 5.68. The van der Waals surface area contributed by atoms with Crippen LogP contribution in [0.15, 0.2) is 0 Å². The van der Waals surface area contributed by atoms with Crippen molar-refractivity contribution in [1.82, 2.24) is 10.2 Å². The molecule has 0 aromatic heterocycles. The smallest absolute Gasteiger partial charge is 0.0309 e. The van der Waals surface area contributed by atoms with Crippen molar-refractivity contribution in [2.24, 2.45) is 5.41 Å². The maximum Gasteiger partial charge on any atom is 0.0309 e. The SMILES string of the molecule is CC1(CN2CCNC3(CCCC3)C2)CCCCC1. The van der Waals surface area contributed by atoms with E-state index in [-0.39, 0.29) is 0 Å². The molecule has 0 aromatic carbocycles. The number of rotatable bonds is 2. The largest absolute Gasteiger partial charge is 0.309 e. The van der Waals surface area contributed by atoms with Crippen LogP contribution in [-0.2, 0) is 0 Å². The predicted molar refractivity (Wildman–Crippen MR) is 76.8 cm³/mol. The van der Waals surface area contributed by atoms with Gasteiger partial charge in [-0.25, -0.2) is 0 Å². The molecule has 3 aliphatic rings. The minimum atomic E-state index is 0.503. The average Bonchev–Trinajstić information content (AvgIpc) is 2.77. The van der Waals surface area contributed by atoms with Gasteiger partial charge in [-0.15, -0.1) is 0 Å². The molecular weight excluding hydrogens is 220 g/mol. The predicted octanol–water partition coefficient (Wildman–Crippen LogP) is 3.17. The molecular formula is C16H30N2. The summed E-state index contributed by atoms with van der Waals surface area (Å²) in [5.74, 6) is 0. The normalized spacial score (nSPS) is 31.8. The van der Waals surface area contributed by atoms with Crippen LogP contribution in [0.4, 0.5) is 0 Å². The van der Waals surface area contributed by atoms with Gasteiger partial charge in [0.25, 0.3) is 0 Å². The molecule has 18 heavy (non-hydrogen) atoms. The van der Waals surface area contributed by atoms with Crippen molar-refractivity contribution in [3.63, 3.8) is 0 Å². The van der Waals surface area contributed by atoms with Crippen molar-refractivity contribution < 1.29 is 0 Å². The topological polar surface area (TPSA) is 15.3 Å². The zero-order valence-electron chi connectivity index (χ0n) is 12.1. The standard InChI is InChI=1S/C16H30N2/c1-15(7-3-2-4-8-15)13-18-12-11-17-16(14-18)9-5-6-10-16/h17H,2-14H2,1H3. The Morgan fingerprint density at radius 1 is 0.944 bits per heavy atom. The third kappa shape index (κ3) is 2.75. The van der Waals surface area contributed by atoms with Crippen LogP contribution >= 0.6 is 0 Å². The molecule has 0 unspecified atom stereocenters. The van der Waals surface area contributed by atoms with Gasteiger partial charge in [0, 0.05) is 31.7 Å². The first kappa shape index (κ1) is 12.9. The number of nitrogens with one attached hydrogen (secondary N) is 1. The Bertz CT molecular complexity index is 275. The second-order valence-corrected chi connectivity index (χ2v) is 7.50. The first-order valence-electron chi connectivity index (χ1n) is 8.17. The molecule has 0 bridgehead atoms. The second kappa shape index (κ2) is 5.13. The zero-order chi connectivity index (χ0) is 12.5.